The van der Waals surface area contributed by atoms with Gasteiger partial charge in [-0.2, -0.15) is 0 Å². The van der Waals surface area contributed by atoms with Gasteiger partial charge in [-0.1, -0.05) is 5.16 Å². The third-order valence-corrected chi connectivity index (χ3v) is 5.54. The Morgan fingerprint density at radius 2 is 2.00 bits per heavy atom. The van der Waals surface area contributed by atoms with Gasteiger partial charge >= 0.3 is 0 Å². The summed E-state index contributed by atoms with van der Waals surface area (Å²) in [7, 11) is 0. The summed E-state index contributed by atoms with van der Waals surface area (Å²) in [6, 6.07) is 6.18. The van der Waals surface area contributed by atoms with Gasteiger partial charge in [0.1, 0.15) is 11.6 Å². The highest BCUT2D eigenvalue weighted by atomic mass is 19.1. The van der Waals surface area contributed by atoms with Crippen LogP contribution in [0.5, 0.6) is 0 Å². The minimum Gasteiger partial charge on any atom is -0.361 e. The number of carbonyl (C=O) groups is 1. The monoisotopic (exact) mass is 343 g/mol. The van der Waals surface area contributed by atoms with Crippen LogP contribution in [0.1, 0.15) is 29.9 Å². The van der Waals surface area contributed by atoms with Crippen LogP contribution in [0.3, 0.4) is 0 Å². The lowest BCUT2D eigenvalue weighted by Crippen LogP contribution is -2.31. The van der Waals surface area contributed by atoms with Gasteiger partial charge in [0.25, 0.3) is 0 Å². The summed E-state index contributed by atoms with van der Waals surface area (Å²) in [5.74, 6) is 0.719. The van der Waals surface area contributed by atoms with Gasteiger partial charge in [0.05, 0.1) is 5.69 Å². The van der Waals surface area contributed by atoms with Crippen LogP contribution in [0.2, 0.25) is 0 Å². The summed E-state index contributed by atoms with van der Waals surface area (Å²) in [4.78, 5) is 16.7. The maximum absolute atomic E-state index is 13.1. The topological polar surface area (TPSA) is 49.6 Å². The van der Waals surface area contributed by atoms with Gasteiger partial charge in [-0.15, -0.1) is 0 Å². The molecule has 5 nitrogen and oxygen atoms in total. The predicted octanol–water partition coefficient (Wildman–Crippen LogP) is 3.06. The van der Waals surface area contributed by atoms with E-state index in [1.165, 1.54) is 12.1 Å². The van der Waals surface area contributed by atoms with Gasteiger partial charge in [-0.05, 0) is 51.1 Å². The van der Waals surface area contributed by atoms with Gasteiger partial charge in [-0.3, -0.25) is 9.69 Å². The molecule has 1 spiro atoms. The molecule has 132 valence electrons. The second-order valence-electron chi connectivity index (χ2n) is 7.40. The number of aromatic nitrogens is 1. The number of rotatable bonds is 3. The van der Waals surface area contributed by atoms with Crippen molar-refractivity contribution in [1.29, 1.82) is 0 Å². The molecule has 2 fully saturated rings. The molecular weight excluding hydrogens is 321 g/mol. The van der Waals surface area contributed by atoms with Crippen molar-refractivity contribution >= 4 is 11.6 Å². The number of benzene rings is 1. The SMILES string of the molecule is Cc1noc(C)c1CN1CC[C@@]2(CC(=O)N(c3ccc(F)cc3)C2)C1. The lowest BCUT2D eigenvalue weighted by atomic mass is 9.86. The molecule has 3 heterocycles. The van der Waals surface area contributed by atoms with Crippen molar-refractivity contribution in [2.45, 2.75) is 33.2 Å². The molecule has 4 rings (SSSR count). The van der Waals surface area contributed by atoms with E-state index >= 15 is 0 Å². The van der Waals surface area contributed by atoms with E-state index in [-0.39, 0.29) is 17.1 Å². The van der Waals surface area contributed by atoms with Crippen LogP contribution in [-0.2, 0) is 11.3 Å². The molecule has 0 bridgehead atoms. The van der Waals surface area contributed by atoms with Crippen molar-refractivity contribution < 1.29 is 13.7 Å². The zero-order chi connectivity index (χ0) is 17.6. The molecule has 25 heavy (non-hydrogen) atoms. The van der Waals surface area contributed by atoms with Crippen LogP contribution in [0.4, 0.5) is 10.1 Å². The summed E-state index contributed by atoms with van der Waals surface area (Å²) in [5, 5.41) is 4.02. The molecule has 1 aromatic carbocycles. The Kier molecular flexibility index (Phi) is 3.87. The van der Waals surface area contributed by atoms with E-state index in [1.807, 2.05) is 13.8 Å². The van der Waals surface area contributed by atoms with Crippen molar-refractivity contribution in [3.8, 4) is 0 Å². The summed E-state index contributed by atoms with van der Waals surface area (Å²) < 4.78 is 18.4. The van der Waals surface area contributed by atoms with Gasteiger partial charge in [0.15, 0.2) is 0 Å². The quantitative estimate of drug-likeness (QED) is 0.859. The summed E-state index contributed by atoms with van der Waals surface area (Å²) in [6.45, 7) is 7.28. The number of hydrogen-bond acceptors (Lipinski definition) is 4. The fraction of sp³-hybridized carbons (Fsp3) is 0.474. The fourth-order valence-corrected chi connectivity index (χ4v) is 4.14. The molecule has 0 radical (unpaired) electrons. The lowest BCUT2D eigenvalue weighted by Gasteiger charge is -2.24. The number of halogens is 1. The van der Waals surface area contributed by atoms with E-state index in [0.29, 0.717) is 13.0 Å². The average Bonchev–Trinajstić information content (AvgIpc) is 3.23. The van der Waals surface area contributed by atoms with Crippen LogP contribution in [0, 0.1) is 25.1 Å². The van der Waals surface area contributed by atoms with Crippen molar-refractivity contribution in [1.82, 2.24) is 10.1 Å². The molecule has 2 aliphatic rings. The van der Waals surface area contributed by atoms with Crippen LogP contribution in [0.25, 0.3) is 0 Å². The molecule has 0 saturated carbocycles. The average molecular weight is 343 g/mol. The Hall–Kier alpha value is -2.21. The van der Waals surface area contributed by atoms with E-state index < -0.39 is 0 Å². The number of amides is 1. The third kappa shape index (κ3) is 2.95. The van der Waals surface area contributed by atoms with E-state index in [1.54, 1.807) is 17.0 Å². The molecule has 6 heteroatoms. The van der Waals surface area contributed by atoms with Crippen molar-refractivity contribution in [2.24, 2.45) is 5.41 Å². The van der Waals surface area contributed by atoms with Gasteiger partial charge < -0.3 is 9.42 Å². The Morgan fingerprint density at radius 1 is 1.24 bits per heavy atom. The Balaban J connectivity index is 1.47. The maximum Gasteiger partial charge on any atom is 0.227 e. The molecule has 2 aromatic rings. The van der Waals surface area contributed by atoms with Crippen molar-refractivity contribution in [3.63, 3.8) is 0 Å². The highest BCUT2D eigenvalue weighted by Crippen LogP contribution is 2.42. The first-order valence-electron chi connectivity index (χ1n) is 8.66. The second-order valence-corrected chi connectivity index (χ2v) is 7.40. The Bertz CT molecular complexity index is 782. The third-order valence-electron chi connectivity index (χ3n) is 5.54. The van der Waals surface area contributed by atoms with Crippen LogP contribution in [-0.4, -0.2) is 35.6 Å². The molecule has 0 N–H and O–H groups in total. The van der Waals surface area contributed by atoms with E-state index in [0.717, 1.165) is 48.8 Å². The first kappa shape index (κ1) is 16.3. The number of nitrogens with zero attached hydrogens (tertiary/aromatic N) is 3. The zero-order valence-electron chi connectivity index (χ0n) is 14.6. The molecule has 2 aliphatic heterocycles. The Labute approximate surface area is 146 Å². The van der Waals surface area contributed by atoms with Crippen LogP contribution >= 0.6 is 0 Å². The molecule has 1 aromatic heterocycles. The highest BCUT2D eigenvalue weighted by molar-refractivity contribution is 5.96. The summed E-state index contributed by atoms with van der Waals surface area (Å²) in [5.41, 5.74) is 2.86. The normalized spacial score (nSPS) is 24.0. The second kappa shape index (κ2) is 5.95. The van der Waals surface area contributed by atoms with E-state index in [9.17, 15) is 9.18 Å². The molecular formula is C19H22FN3O2. The van der Waals surface area contributed by atoms with Gasteiger partial charge in [0, 0.05) is 42.7 Å². The standard InChI is InChI=1S/C19H22FN3O2/c1-13-17(14(2)25-21-13)10-22-8-7-19(11-22)9-18(24)23(12-19)16-5-3-15(20)4-6-16/h3-6H,7-12H2,1-2H3/t19-/m1/s1. The number of hydrogen-bond donors (Lipinski definition) is 0. The minimum atomic E-state index is -0.281. The van der Waals surface area contributed by atoms with Crippen LogP contribution < -0.4 is 4.90 Å². The van der Waals surface area contributed by atoms with Crippen molar-refractivity contribution in [2.75, 3.05) is 24.5 Å². The van der Waals surface area contributed by atoms with Gasteiger partial charge in [-0.25, -0.2) is 4.39 Å². The number of aryl methyl sites for hydroxylation is 2. The molecule has 0 unspecified atom stereocenters. The predicted molar refractivity (Wildman–Crippen MR) is 91.7 cm³/mol. The maximum atomic E-state index is 13.1. The molecule has 2 saturated heterocycles. The fourth-order valence-electron chi connectivity index (χ4n) is 4.14. The zero-order valence-corrected chi connectivity index (χ0v) is 14.6. The number of anilines is 1. The molecule has 1 amide bonds. The molecule has 0 aliphatic carbocycles. The van der Waals surface area contributed by atoms with Crippen molar-refractivity contribution in [3.05, 3.63) is 47.1 Å². The molecule has 1 atom stereocenters. The Morgan fingerprint density at radius 3 is 2.68 bits per heavy atom. The number of carbonyl (C=O) groups excluding carboxylic acids is 1. The lowest BCUT2D eigenvalue weighted by molar-refractivity contribution is -0.117. The van der Waals surface area contributed by atoms with Gasteiger partial charge in [0.2, 0.25) is 5.91 Å². The first-order chi connectivity index (χ1) is 12.0. The number of likely N-dealkylation sites (tertiary alicyclic amines) is 1. The van der Waals surface area contributed by atoms with Crippen LogP contribution in [0.15, 0.2) is 28.8 Å². The van der Waals surface area contributed by atoms with E-state index in [4.69, 9.17) is 4.52 Å². The summed E-state index contributed by atoms with van der Waals surface area (Å²) >= 11 is 0. The smallest absolute Gasteiger partial charge is 0.227 e. The first-order valence-corrected chi connectivity index (χ1v) is 8.66. The highest BCUT2D eigenvalue weighted by Gasteiger charge is 2.47. The largest absolute Gasteiger partial charge is 0.361 e. The van der Waals surface area contributed by atoms with E-state index in [2.05, 4.69) is 10.1 Å². The summed E-state index contributed by atoms with van der Waals surface area (Å²) in [6.07, 6.45) is 1.56. The minimum absolute atomic E-state index is 0.00948.